The van der Waals surface area contributed by atoms with Crippen LogP contribution in [-0.2, 0) is 0 Å². The summed E-state index contributed by atoms with van der Waals surface area (Å²) < 4.78 is 0. The molecule has 0 N–H and O–H groups in total. The van der Waals surface area contributed by atoms with Crippen molar-refractivity contribution in [3.63, 3.8) is 0 Å². The van der Waals surface area contributed by atoms with Crippen LogP contribution in [0.4, 0.5) is 34.1 Å². The summed E-state index contributed by atoms with van der Waals surface area (Å²) in [6.07, 6.45) is 9.51. The molecule has 0 saturated carbocycles. The maximum atomic E-state index is 2.43. The highest BCUT2D eigenvalue weighted by Crippen LogP contribution is 2.51. The molecule has 2 nitrogen and oxygen atoms in total. The van der Waals surface area contributed by atoms with Crippen molar-refractivity contribution in [2.24, 2.45) is 0 Å². The fraction of sp³-hybridized carbons (Fsp3) is 0.0435. The van der Waals surface area contributed by atoms with Crippen molar-refractivity contribution in [2.75, 3.05) is 9.80 Å². The van der Waals surface area contributed by atoms with E-state index in [4.69, 9.17) is 0 Å². The molecule has 0 radical (unpaired) electrons. The van der Waals surface area contributed by atoms with Gasteiger partial charge in [-0.1, -0.05) is 127 Å². The van der Waals surface area contributed by atoms with Crippen LogP contribution in [0.15, 0.2) is 182 Å². The number of allylic oxidation sites excluding steroid dienone is 2. The molecule has 2 unspecified atom stereocenters. The lowest BCUT2D eigenvalue weighted by Crippen LogP contribution is -2.16. The van der Waals surface area contributed by atoms with Crippen molar-refractivity contribution in [3.05, 3.63) is 204 Å². The zero-order valence-corrected chi connectivity index (χ0v) is 26.5. The number of hydrogen-bond donors (Lipinski definition) is 0. The van der Waals surface area contributed by atoms with Gasteiger partial charge in [-0.15, -0.1) is 0 Å². The Balaban J connectivity index is 1.13. The van der Waals surface area contributed by atoms with E-state index in [9.17, 15) is 0 Å². The third-order valence-electron chi connectivity index (χ3n) is 9.79. The first-order valence-corrected chi connectivity index (χ1v) is 16.7. The van der Waals surface area contributed by atoms with Crippen LogP contribution in [0, 0.1) is 0 Å². The van der Waals surface area contributed by atoms with Crippen LogP contribution in [0.3, 0.4) is 0 Å². The second-order valence-electron chi connectivity index (χ2n) is 12.5. The fourth-order valence-electron chi connectivity index (χ4n) is 7.62. The number of para-hydroxylation sites is 4. The molecule has 9 rings (SSSR count). The molecule has 0 fully saturated rings. The lowest BCUT2D eigenvalue weighted by molar-refractivity contribution is 0.735. The molecule has 228 valence electrons. The largest absolute Gasteiger partial charge is 0.311 e. The Bertz CT molecular complexity index is 2190. The SMILES string of the molecule is C1=CC(c2ccc(N(c3ccccc3)c3ccccc3)cc2)C2C=Cc3ccc(N(c4ccccc4)c4ccccc4)c4ccc1c2c34. The molecule has 7 aromatic carbocycles. The standard InChI is InChI=1S/C46H34N2/c1-5-13-36(14-6-1)47(37-15-7-2-8-16-37)40-27-21-33(22-28-40)41-29-23-34-25-31-43-44(32-26-35-24-30-42(41)45(34)46(35)43)48(38-17-9-3-10-18-38)39-19-11-4-12-20-39/h1-32,41-42H. The van der Waals surface area contributed by atoms with E-state index in [-0.39, 0.29) is 11.8 Å². The zero-order valence-electron chi connectivity index (χ0n) is 26.5. The van der Waals surface area contributed by atoms with Gasteiger partial charge in [0.2, 0.25) is 0 Å². The average molecular weight is 615 g/mol. The van der Waals surface area contributed by atoms with Gasteiger partial charge in [0.15, 0.2) is 0 Å². The maximum Gasteiger partial charge on any atom is 0.0540 e. The van der Waals surface area contributed by atoms with Gasteiger partial charge >= 0.3 is 0 Å². The molecule has 0 spiro atoms. The third-order valence-corrected chi connectivity index (χ3v) is 9.79. The summed E-state index contributed by atoms with van der Waals surface area (Å²) in [4.78, 5) is 4.71. The van der Waals surface area contributed by atoms with Crippen LogP contribution in [0.2, 0.25) is 0 Å². The molecule has 0 saturated heterocycles. The predicted molar refractivity (Wildman–Crippen MR) is 203 cm³/mol. The van der Waals surface area contributed by atoms with Gasteiger partial charge in [0.25, 0.3) is 0 Å². The van der Waals surface area contributed by atoms with E-state index in [1.807, 2.05) is 0 Å². The lowest BCUT2D eigenvalue weighted by atomic mass is 9.71. The minimum absolute atomic E-state index is 0.242. The molecule has 0 amide bonds. The monoisotopic (exact) mass is 614 g/mol. The normalized spacial score (nSPS) is 15.8. The summed E-state index contributed by atoms with van der Waals surface area (Å²) in [5, 5.41) is 2.64. The molecule has 2 heteroatoms. The molecule has 48 heavy (non-hydrogen) atoms. The summed E-state index contributed by atoms with van der Waals surface area (Å²) in [5.41, 5.74) is 12.3. The molecule has 0 heterocycles. The summed E-state index contributed by atoms with van der Waals surface area (Å²) >= 11 is 0. The molecule has 2 aliphatic rings. The number of benzene rings is 7. The number of nitrogens with zero attached hydrogens (tertiary/aromatic N) is 2. The van der Waals surface area contributed by atoms with Crippen molar-refractivity contribution in [1.82, 2.24) is 0 Å². The summed E-state index contributed by atoms with van der Waals surface area (Å²) in [5.74, 6) is 0.495. The van der Waals surface area contributed by atoms with Crippen molar-refractivity contribution in [2.45, 2.75) is 11.8 Å². The molecule has 0 aromatic heterocycles. The molecule has 0 aliphatic heterocycles. The first-order valence-electron chi connectivity index (χ1n) is 16.7. The predicted octanol–water partition coefficient (Wildman–Crippen LogP) is 12.7. The van der Waals surface area contributed by atoms with E-state index in [2.05, 4.69) is 204 Å². The number of anilines is 6. The van der Waals surface area contributed by atoms with Crippen LogP contribution >= 0.6 is 0 Å². The highest BCUT2D eigenvalue weighted by molar-refractivity contribution is 6.07. The van der Waals surface area contributed by atoms with Crippen LogP contribution in [0.1, 0.15) is 34.1 Å². The quantitative estimate of drug-likeness (QED) is 0.176. The van der Waals surface area contributed by atoms with E-state index < -0.39 is 0 Å². The van der Waals surface area contributed by atoms with Gasteiger partial charge in [0, 0.05) is 45.7 Å². The van der Waals surface area contributed by atoms with Crippen LogP contribution in [0.25, 0.3) is 22.9 Å². The molecule has 7 aromatic rings. The topological polar surface area (TPSA) is 6.48 Å². The van der Waals surface area contributed by atoms with Gasteiger partial charge in [-0.2, -0.15) is 0 Å². The Labute approximate surface area is 282 Å². The van der Waals surface area contributed by atoms with E-state index in [1.54, 1.807) is 0 Å². The lowest BCUT2D eigenvalue weighted by Gasteiger charge is -2.34. The Morgan fingerprint density at radius 2 is 0.812 bits per heavy atom. The minimum Gasteiger partial charge on any atom is -0.311 e. The van der Waals surface area contributed by atoms with Crippen molar-refractivity contribution in [3.8, 4) is 0 Å². The van der Waals surface area contributed by atoms with Crippen molar-refractivity contribution < 1.29 is 0 Å². The Morgan fingerprint density at radius 1 is 0.354 bits per heavy atom. The third kappa shape index (κ3) is 4.82. The van der Waals surface area contributed by atoms with Crippen LogP contribution in [-0.4, -0.2) is 0 Å². The Kier molecular flexibility index (Phi) is 6.98. The van der Waals surface area contributed by atoms with Gasteiger partial charge in [-0.25, -0.2) is 0 Å². The first kappa shape index (κ1) is 28.1. The molecular weight excluding hydrogens is 581 g/mol. The van der Waals surface area contributed by atoms with Gasteiger partial charge in [0.05, 0.1) is 5.69 Å². The summed E-state index contributed by atoms with van der Waals surface area (Å²) in [7, 11) is 0. The Morgan fingerprint density at radius 3 is 1.38 bits per heavy atom. The molecular formula is C46H34N2. The summed E-state index contributed by atoms with van der Waals surface area (Å²) in [6.45, 7) is 0. The maximum absolute atomic E-state index is 2.43. The van der Waals surface area contributed by atoms with E-state index >= 15 is 0 Å². The second kappa shape index (κ2) is 11.9. The van der Waals surface area contributed by atoms with E-state index in [0.717, 1.165) is 28.4 Å². The van der Waals surface area contributed by atoms with E-state index in [1.165, 1.54) is 38.7 Å². The Hall–Kier alpha value is -6.12. The van der Waals surface area contributed by atoms with Crippen LogP contribution < -0.4 is 9.80 Å². The van der Waals surface area contributed by atoms with Gasteiger partial charge < -0.3 is 9.80 Å². The van der Waals surface area contributed by atoms with Crippen molar-refractivity contribution in [1.29, 1.82) is 0 Å². The minimum atomic E-state index is 0.242. The van der Waals surface area contributed by atoms with Gasteiger partial charge in [0.1, 0.15) is 0 Å². The number of hydrogen-bond acceptors (Lipinski definition) is 2. The highest BCUT2D eigenvalue weighted by atomic mass is 15.1. The molecule has 2 atom stereocenters. The highest BCUT2D eigenvalue weighted by Gasteiger charge is 2.31. The van der Waals surface area contributed by atoms with Crippen molar-refractivity contribution >= 4 is 57.0 Å². The zero-order chi connectivity index (χ0) is 31.9. The smallest absolute Gasteiger partial charge is 0.0540 e. The fourth-order valence-corrected chi connectivity index (χ4v) is 7.62. The molecule has 2 aliphatic carbocycles. The average Bonchev–Trinajstić information content (AvgIpc) is 3.16. The summed E-state index contributed by atoms with van der Waals surface area (Å²) in [6, 6.07) is 61.0. The van der Waals surface area contributed by atoms with Gasteiger partial charge in [-0.3, -0.25) is 0 Å². The van der Waals surface area contributed by atoms with Crippen LogP contribution in [0.5, 0.6) is 0 Å². The first-order chi connectivity index (χ1) is 23.8. The number of rotatable bonds is 7. The van der Waals surface area contributed by atoms with Gasteiger partial charge in [-0.05, 0) is 94.4 Å². The van der Waals surface area contributed by atoms with E-state index in [0.29, 0.717) is 0 Å². The molecule has 0 bridgehead atoms. The second-order valence-corrected chi connectivity index (χ2v) is 12.5.